The molecule has 0 heterocycles. The van der Waals surface area contributed by atoms with E-state index in [4.69, 9.17) is 5.11 Å². The number of carbonyl (C=O) groups is 3. The third kappa shape index (κ3) is 6.21. The first-order chi connectivity index (χ1) is 14.9. The van der Waals surface area contributed by atoms with E-state index in [1.54, 1.807) is 0 Å². The van der Waals surface area contributed by atoms with Crippen LogP contribution in [0.4, 0.5) is 66.3 Å². The van der Waals surface area contributed by atoms with Crippen LogP contribution in [0.5, 0.6) is 0 Å². The molecular formula is C13H9F14NO6. The number of ether oxygens (including phenoxy) is 2. The van der Waals surface area contributed by atoms with Crippen molar-refractivity contribution in [3.63, 3.8) is 0 Å². The Kier molecular flexibility index (Phi) is 9.04. The van der Waals surface area contributed by atoms with Gasteiger partial charge in [0.1, 0.15) is 13.2 Å². The Morgan fingerprint density at radius 3 is 1.06 bits per heavy atom. The van der Waals surface area contributed by atoms with Gasteiger partial charge in [0.25, 0.3) is 0 Å². The van der Waals surface area contributed by atoms with Crippen LogP contribution in [-0.2, 0) is 19.1 Å². The van der Waals surface area contributed by atoms with E-state index in [0.717, 1.165) is 0 Å². The first-order valence-electron chi connectivity index (χ1n) is 7.82. The molecule has 0 saturated carbocycles. The van der Waals surface area contributed by atoms with E-state index in [-0.39, 0.29) is 4.90 Å². The molecule has 0 bridgehead atoms. The summed E-state index contributed by atoms with van der Waals surface area (Å²) < 4.78 is 181. The fourth-order valence-corrected chi connectivity index (χ4v) is 1.59. The maximum atomic E-state index is 13.0. The number of carbonyl (C=O) groups excluding carboxylic acids is 2. The Balaban J connectivity index is 5.01. The molecule has 200 valence electrons. The number of rotatable bonds is 10. The normalized spacial score (nSPS) is 13.9. The van der Waals surface area contributed by atoms with E-state index in [9.17, 15) is 75.8 Å². The van der Waals surface area contributed by atoms with Crippen molar-refractivity contribution in [2.75, 3.05) is 26.3 Å². The molecule has 0 aromatic carbocycles. The van der Waals surface area contributed by atoms with Crippen molar-refractivity contribution in [3.05, 3.63) is 0 Å². The number of hydrogen-bond donors (Lipinski definition) is 1. The van der Waals surface area contributed by atoms with Crippen molar-refractivity contribution >= 4 is 18.0 Å². The summed E-state index contributed by atoms with van der Waals surface area (Å²) in [6, 6.07) is 0. The zero-order chi connectivity index (χ0) is 27.6. The van der Waals surface area contributed by atoms with Gasteiger partial charge in [0.05, 0.1) is 13.1 Å². The molecule has 0 aromatic rings. The van der Waals surface area contributed by atoms with Crippen molar-refractivity contribution in [3.8, 4) is 0 Å². The van der Waals surface area contributed by atoms with Crippen molar-refractivity contribution in [2.45, 2.75) is 36.0 Å². The van der Waals surface area contributed by atoms with E-state index in [2.05, 4.69) is 9.47 Å². The van der Waals surface area contributed by atoms with Gasteiger partial charge in [-0.3, -0.25) is 0 Å². The van der Waals surface area contributed by atoms with Crippen molar-refractivity contribution < 1.29 is 90.4 Å². The number of hydrogen-bond acceptors (Lipinski definition) is 5. The van der Waals surface area contributed by atoms with Gasteiger partial charge in [0.2, 0.25) is 0 Å². The SMILES string of the molecule is O=C(O)N(CCOC(=O)C(F)(F)C(F)(F)C(F)(F)F)CCOC(=O)C(F)(F)C(F)(F)C(F)(F)F. The summed E-state index contributed by atoms with van der Waals surface area (Å²) in [5, 5.41) is 8.71. The largest absolute Gasteiger partial charge is 0.465 e. The molecule has 0 radical (unpaired) electrons. The monoisotopic (exact) mass is 541 g/mol. The highest BCUT2D eigenvalue weighted by Crippen LogP contribution is 2.48. The van der Waals surface area contributed by atoms with Crippen LogP contribution in [-0.4, -0.2) is 90.4 Å². The van der Waals surface area contributed by atoms with Crippen LogP contribution >= 0.6 is 0 Å². The summed E-state index contributed by atoms with van der Waals surface area (Å²) in [6.45, 7) is -6.07. The fourth-order valence-electron chi connectivity index (χ4n) is 1.59. The lowest BCUT2D eigenvalue weighted by molar-refractivity contribution is -0.348. The molecular weight excluding hydrogens is 532 g/mol. The second kappa shape index (κ2) is 9.84. The summed E-state index contributed by atoms with van der Waals surface area (Å²) in [4.78, 5) is 32.4. The second-order valence-corrected chi connectivity index (χ2v) is 5.83. The Morgan fingerprint density at radius 2 is 0.853 bits per heavy atom. The number of carboxylic acid groups (broad SMARTS) is 1. The number of amides is 1. The van der Waals surface area contributed by atoms with Gasteiger partial charge in [-0.05, 0) is 0 Å². The Bertz CT molecular complexity index is 706. The highest BCUT2D eigenvalue weighted by molar-refractivity contribution is 5.79. The fraction of sp³-hybridized carbons (Fsp3) is 0.769. The molecule has 0 aliphatic heterocycles. The van der Waals surface area contributed by atoms with Crippen LogP contribution in [0.1, 0.15) is 0 Å². The van der Waals surface area contributed by atoms with Crippen molar-refractivity contribution in [2.24, 2.45) is 0 Å². The molecule has 1 amide bonds. The summed E-state index contributed by atoms with van der Waals surface area (Å²) in [5.74, 6) is -33.7. The third-order valence-corrected chi connectivity index (χ3v) is 3.47. The average Bonchev–Trinajstić information content (AvgIpc) is 2.63. The van der Waals surface area contributed by atoms with Gasteiger partial charge in [-0.2, -0.15) is 61.5 Å². The van der Waals surface area contributed by atoms with Gasteiger partial charge in [-0.25, -0.2) is 14.4 Å². The molecule has 1 N–H and O–H groups in total. The average molecular weight is 541 g/mol. The second-order valence-electron chi connectivity index (χ2n) is 5.83. The zero-order valence-corrected chi connectivity index (χ0v) is 15.6. The van der Waals surface area contributed by atoms with Crippen molar-refractivity contribution in [1.29, 1.82) is 0 Å². The lowest BCUT2D eigenvalue weighted by atomic mass is 10.1. The minimum absolute atomic E-state index is 0.208. The zero-order valence-electron chi connectivity index (χ0n) is 15.6. The van der Waals surface area contributed by atoms with Gasteiger partial charge in [-0.1, -0.05) is 0 Å². The van der Waals surface area contributed by atoms with Crippen LogP contribution in [0, 0.1) is 0 Å². The maximum Gasteiger partial charge on any atom is 0.460 e. The predicted molar refractivity (Wildman–Crippen MR) is 73.4 cm³/mol. The van der Waals surface area contributed by atoms with Crippen LogP contribution in [0.3, 0.4) is 0 Å². The molecule has 0 saturated heterocycles. The van der Waals surface area contributed by atoms with E-state index in [1.165, 1.54) is 0 Å². The van der Waals surface area contributed by atoms with Gasteiger partial charge in [0, 0.05) is 0 Å². The third-order valence-electron chi connectivity index (χ3n) is 3.47. The first-order valence-corrected chi connectivity index (χ1v) is 7.82. The summed E-state index contributed by atoms with van der Waals surface area (Å²) in [5.41, 5.74) is 0. The predicted octanol–water partition coefficient (Wildman–Crippen LogP) is 3.72. The number of alkyl halides is 14. The number of nitrogens with zero attached hydrogens (tertiary/aromatic N) is 1. The molecule has 0 fully saturated rings. The summed E-state index contributed by atoms with van der Waals surface area (Å²) >= 11 is 0. The van der Waals surface area contributed by atoms with Gasteiger partial charge in [-0.15, -0.1) is 0 Å². The Labute approximate surface area is 177 Å². The van der Waals surface area contributed by atoms with Crippen LogP contribution in [0.25, 0.3) is 0 Å². The van der Waals surface area contributed by atoms with E-state index in [1.807, 2.05) is 0 Å². The van der Waals surface area contributed by atoms with E-state index >= 15 is 0 Å². The first kappa shape index (κ1) is 31.2. The smallest absolute Gasteiger partial charge is 0.460 e. The standard InChI is InChI=1S/C13H9F14NO6/c14-8(15,10(18,19)12(22,23)24)5(29)33-3-1-28(7(31)32)2-4-34-6(30)9(16,17)11(20,21)13(25,26)27/h1-4H2,(H,31,32). The van der Waals surface area contributed by atoms with E-state index in [0.29, 0.717) is 0 Å². The number of esters is 2. The highest BCUT2D eigenvalue weighted by atomic mass is 19.4. The highest BCUT2D eigenvalue weighted by Gasteiger charge is 2.78. The van der Waals surface area contributed by atoms with Crippen LogP contribution in [0.2, 0.25) is 0 Å². The van der Waals surface area contributed by atoms with Crippen LogP contribution in [0.15, 0.2) is 0 Å². The Hall–Kier alpha value is -2.77. The maximum absolute atomic E-state index is 13.0. The van der Waals surface area contributed by atoms with Gasteiger partial charge in [0.15, 0.2) is 0 Å². The van der Waals surface area contributed by atoms with E-state index < -0.39 is 80.4 Å². The summed E-state index contributed by atoms with van der Waals surface area (Å²) in [7, 11) is 0. The lowest BCUT2D eigenvalue weighted by Gasteiger charge is -2.27. The Morgan fingerprint density at radius 1 is 0.588 bits per heavy atom. The molecule has 0 rings (SSSR count). The molecule has 21 heteroatoms. The number of halogens is 14. The van der Waals surface area contributed by atoms with Crippen LogP contribution < -0.4 is 0 Å². The molecule has 34 heavy (non-hydrogen) atoms. The molecule has 0 unspecified atom stereocenters. The van der Waals surface area contributed by atoms with Gasteiger partial charge >= 0.3 is 54.1 Å². The molecule has 0 aromatic heterocycles. The molecule has 0 atom stereocenters. The minimum Gasteiger partial charge on any atom is -0.465 e. The summed E-state index contributed by atoms with van der Waals surface area (Å²) in [6.07, 6.45) is -16.0. The van der Waals surface area contributed by atoms with Gasteiger partial charge < -0.3 is 19.5 Å². The minimum atomic E-state index is -6.91. The molecule has 0 spiro atoms. The van der Waals surface area contributed by atoms with Crippen molar-refractivity contribution in [1.82, 2.24) is 4.90 Å². The lowest BCUT2D eigenvalue weighted by Crippen LogP contribution is -2.57. The molecule has 0 aliphatic carbocycles. The quantitative estimate of drug-likeness (QED) is 0.335. The topological polar surface area (TPSA) is 93.1 Å². The molecule has 0 aliphatic rings. The molecule has 7 nitrogen and oxygen atoms in total.